The fourth-order valence-electron chi connectivity index (χ4n) is 5.39. The lowest BCUT2D eigenvalue weighted by Crippen LogP contribution is -2.03. The highest BCUT2D eigenvalue weighted by molar-refractivity contribution is 5.75. The summed E-state index contributed by atoms with van der Waals surface area (Å²) in [5.41, 5.74) is 6.59. The predicted octanol–water partition coefficient (Wildman–Crippen LogP) is 9.12. The summed E-state index contributed by atoms with van der Waals surface area (Å²) in [6.45, 7) is 0. The molecule has 7 nitrogen and oxygen atoms in total. The number of hydrogen-bond donors (Lipinski definition) is 0. The summed E-state index contributed by atoms with van der Waals surface area (Å²) in [5.74, 6) is 3.25. The molecule has 3 heterocycles. The molecule has 0 unspecified atom stereocenters. The monoisotopic (exact) mass is 617 g/mol. The summed E-state index contributed by atoms with van der Waals surface area (Å²) >= 11 is 0. The van der Waals surface area contributed by atoms with E-state index in [2.05, 4.69) is 0 Å². The molecule has 0 saturated carbocycles. The number of pyridine rings is 1. The third-order valence-electron chi connectivity index (χ3n) is 7.78. The number of nitrogens with zero attached hydrogens (tertiary/aromatic N) is 7. The average Bonchev–Trinajstić information content (AvgIpc) is 3.19. The van der Waals surface area contributed by atoms with Crippen LogP contribution in [0, 0.1) is 0 Å². The van der Waals surface area contributed by atoms with Crippen LogP contribution in [0.5, 0.6) is 0 Å². The maximum absolute atomic E-state index is 5.11. The molecule has 0 saturated heterocycles. The van der Waals surface area contributed by atoms with E-state index in [0.717, 1.165) is 39.1 Å². The number of aromatic nitrogens is 7. The Morgan fingerprint density at radius 2 is 0.479 bits per heavy atom. The first-order valence-electron chi connectivity index (χ1n) is 15.6. The zero-order chi connectivity index (χ0) is 32.1. The zero-order valence-corrected chi connectivity index (χ0v) is 25.7. The molecular formula is C41H27N7. The molecule has 0 aliphatic rings. The molecule has 3 aromatic heterocycles. The van der Waals surface area contributed by atoms with Gasteiger partial charge in [-0.25, -0.2) is 34.9 Å². The molecule has 0 atom stereocenters. The van der Waals surface area contributed by atoms with E-state index < -0.39 is 0 Å². The molecule has 5 aromatic carbocycles. The molecule has 0 bridgehead atoms. The van der Waals surface area contributed by atoms with Gasteiger partial charge in [-0.2, -0.15) is 0 Å². The molecule has 8 rings (SSSR count). The Balaban J connectivity index is 1.36. The normalized spacial score (nSPS) is 10.9. The third-order valence-corrected chi connectivity index (χ3v) is 7.78. The van der Waals surface area contributed by atoms with Crippen molar-refractivity contribution in [1.82, 2.24) is 34.9 Å². The van der Waals surface area contributed by atoms with Gasteiger partial charge in [-0.3, -0.25) is 0 Å². The SMILES string of the molecule is c1ccc(-c2cc(-c3nc(-c4ccccc4)nc(-c4ccccc4)n3)cc(-c3nc(-c4ccccc4)nc(-c4ccccc4)n3)n2)cc1. The van der Waals surface area contributed by atoms with Crippen molar-refractivity contribution in [3.8, 4) is 79.7 Å². The molecule has 8 aromatic rings. The van der Waals surface area contributed by atoms with E-state index in [1.54, 1.807) is 0 Å². The first-order valence-corrected chi connectivity index (χ1v) is 15.6. The maximum atomic E-state index is 5.11. The van der Waals surface area contributed by atoms with Gasteiger partial charge in [0.25, 0.3) is 0 Å². The van der Waals surface area contributed by atoms with E-state index in [4.69, 9.17) is 34.9 Å². The molecule has 7 heteroatoms. The van der Waals surface area contributed by atoms with E-state index in [9.17, 15) is 0 Å². The molecule has 226 valence electrons. The molecule has 0 spiro atoms. The molecule has 0 fully saturated rings. The van der Waals surface area contributed by atoms with Gasteiger partial charge in [-0.05, 0) is 12.1 Å². The zero-order valence-electron chi connectivity index (χ0n) is 25.7. The second-order valence-electron chi connectivity index (χ2n) is 11.1. The van der Waals surface area contributed by atoms with E-state index in [1.807, 2.05) is 164 Å². The topological polar surface area (TPSA) is 90.2 Å². The van der Waals surface area contributed by atoms with Crippen LogP contribution in [0.15, 0.2) is 164 Å². The highest BCUT2D eigenvalue weighted by atomic mass is 15.1. The van der Waals surface area contributed by atoms with Crippen molar-refractivity contribution < 1.29 is 0 Å². The summed E-state index contributed by atoms with van der Waals surface area (Å²) in [6, 6.07) is 53.7. The average molecular weight is 618 g/mol. The van der Waals surface area contributed by atoms with Gasteiger partial charge in [0.05, 0.1) is 5.69 Å². The van der Waals surface area contributed by atoms with E-state index in [-0.39, 0.29) is 0 Å². The summed E-state index contributed by atoms with van der Waals surface area (Å²) in [6.07, 6.45) is 0. The lowest BCUT2D eigenvalue weighted by Gasteiger charge is -2.12. The van der Waals surface area contributed by atoms with Crippen molar-refractivity contribution in [1.29, 1.82) is 0 Å². The van der Waals surface area contributed by atoms with Crippen LogP contribution >= 0.6 is 0 Å². The summed E-state index contributed by atoms with van der Waals surface area (Å²) < 4.78 is 0. The minimum Gasteiger partial charge on any atom is -0.244 e. The van der Waals surface area contributed by atoms with Crippen LogP contribution in [0.4, 0.5) is 0 Å². The van der Waals surface area contributed by atoms with E-state index in [1.165, 1.54) is 0 Å². The van der Waals surface area contributed by atoms with E-state index in [0.29, 0.717) is 40.6 Å². The molecule has 0 aliphatic heterocycles. The second kappa shape index (κ2) is 12.9. The van der Waals surface area contributed by atoms with Crippen molar-refractivity contribution in [3.63, 3.8) is 0 Å². The van der Waals surface area contributed by atoms with Gasteiger partial charge >= 0.3 is 0 Å². The predicted molar refractivity (Wildman–Crippen MR) is 189 cm³/mol. The third kappa shape index (κ3) is 6.08. The quantitative estimate of drug-likeness (QED) is 0.176. The van der Waals surface area contributed by atoms with Gasteiger partial charge in [0, 0.05) is 33.4 Å². The van der Waals surface area contributed by atoms with Crippen LogP contribution in [0.2, 0.25) is 0 Å². The van der Waals surface area contributed by atoms with Crippen LogP contribution in [0.25, 0.3) is 79.7 Å². The Labute approximate surface area is 277 Å². The summed E-state index contributed by atoms with van der Waals surface area (Å²) in [7, 11) is 0. The Morgan fingerprint density at radius 1 is 0.208 bits per heavy atom. The van der Waals surface area contributed by atoms with Crippen molar-refractivity contribution in [2.45, 2.75) is 0 Å². The maximum Gasteiger partial charge on any atom is 0.182 e. The minimum absolute atomic E-state index is 0.447. The first-order chi connectivity index (χ1) is 23.8. The lowest BCUT2D eigenvalue weighted by atomic mass is 10.1. The highest BCUT2D eigenvalue weighted by Crippen LogP contribution is 2.31. The summed E-state index contributed by atoms with van der Waals surface area (Å²) in [5, 5.41) is 0. The van der Waals surface area contributed by atoms with Gasteiger partial charge in [-0.15, -0.1) is 0 Å². The van der Waals surface area contributed by atoms with Crippen LogP contribution < -0.4 is 0 Å². The minimum atomic E-state index is 0.447. The number of benzene rings is 5. The van der Waals surface area contributed by atoms with Gasteiger partial charge in [0.15, 0.2) is 34.9 Å². The molecule has 0 radical (unpaired) electrons. The fraction of sp³-hybridized carbons (Fsp3) is 0. The Bertz CT molecular complexity index is 2060. The second-order valence-corrected chi connectivity index (χ2v) is 11.1. The smallest absolute Gasteiger partial charge is 0.182 e. The van der Waals surface area contributed by atoms with Gasteiger partial charge in [0.1, 0.15) is 5.69 Å². The number of rotatable bonds is 7. The molecular weight excluding hydrogens is 591 g/mol. The largest absolute Gasteiger partial charge is 0.244 e. The Hall–Kier alpha value is -6.73. The van der Waals surface area contributed by atoms with Crippen molar-refractivity contribution in [2.24, 2.45) is 0 Å². The lowest BCUT2D eigenvalue weighted by molar-refractivity contribution is 1.05. The van der Waals surface area contributed by atoms with Crippen molar-refractivity contribution >= 4 is 0 Å². The summed E-state index contributed by atoms with van der Waals surface area (Å²) in [4.78, 5) is 34.8. The van der Waals surface area contributed by atoms with Crippen molar-refractivity contribution in [2.75, 3.05) is 0 Å². The fourth-order valence-corrected chi connectivity index (χ4v) is 5.39. The molecule has 0 N–H and O–H groups in total. The Morgan fingerprint density at radius 3 is 0.833 bits per heavy atom. The van der Waals surface area contributed by atoms with E-state index >= 15 is 0 Å². The Kier molecular flexibility index (Phi) is 7.74. The van der Waals surface area contributed by atoms with Crippen molar-refractivity contribution in [3.05, 3.63) is 164 Å². The van der Waals surface area contributed by atoms with Crippen LogP contribution in [-0.2, 0) is 0 Å². The molecule has 0 aliphatic carbocycles. The van der Waals surface area contributed by atoms with Crippen LogP contribution in [-0.4, -0.2) is 34.9 Å². The highest BCUT2D eigenvalue weighted by Gasteiger charge is 2.18. The number of hydrogen-bond acceptors (Lipinski definition) is 7. The van der Waals surface area contributed by atoms with Crippen LogP contribution in [0.3, 0.4) is 0 Å². The standard InChI is InChI=1S/C41H27N7/c1-6-16-28(17-7-1)34-26-33(40-45-36(29-18-8-2-9-19-29)43-37(46-40)30-20-10-3-11-21-30)27-35(42-34)41-47-38(31-22-12-4-13-23-31)44-39(48-41)32-24-14-5-15-25-32/h1-27H. The van der Waals surface area contributed by atoms with Gasteiger partial charge < -0.3 is 0 Å². The first kappa shape index (κ1) is 28.7. The van der Waals surface area contributed by atoms with Crippen LogP contribution in [0.1, 0.15) is 0 Å². The van der Waals surface area contributed by atoms with Gasteiger partial charge in [0.2, 0.25) is 0 Å². The molecule has 48 heavy (non-hydrogen) atoms. The van der Waals surface area contributed by atoms with Gasteiger partial charge in [-0.1, -0.05) is 152 Å². The molecule has 0 amide bonds.